The minimum absolute atomic E-state index is 0.240. The van der Waals surface area contributed by atoms with Gasteiger partial charge in [-0.15, -0.1) is 16.4 Å². The largest absolute Gasteiger partial charge is 0.408 e. The number of morpholine rings is 1. The molecule has 1 fully saturated rings. The van der Waals surface area contributed by atoms with Crippen LogP contribution in [0.3, 0.4) is 0 Å². The summed E-state index contributed by atoms with van der Waals surface area (Å²) in [7, 11) is 0. The van der Waals surface area contributed by atoms with E-state index >= 15 is 0 Å². The monoisotopic (exact) mass is 311 g/mol. The maximum Gasteiger partial charge on any atom is 0.288 e. The smallest absolute Gasteiger partial charge is 0.288 e. The van der Waals surface area contributed by atoms with Gasteiger partial charge in [-0.05, 0) is 37.5 Å². The number of aromatic nitrogens is 2. The third kappa shape index (κ3) is 2.85. The molecule has 5 nitrogen and oxygen atoms in total. The van der Waals surface area contributed by atoms with Gasteiger partial charge in [-0.1, -0.05) is 6.07 Å². The van der Waals surface area contributed by atoms with E-state index in [1.165, 1.54) is 0 Å². The third-order valence-electron chi connectivity index (χ3n) is 3.39. The Hall–Kier alpha value is -1.02. The highest BCUT2D eigenvalue weighted by atomic mass is 32.1. The fraction of sp³-hybridized carbons (Fsp3) is 0.538. The maximum atomic E-state index is 5.63. The minimum atomic E-state index is 0.240. The predicted molar refractivity (Wildman–Crippen MR) is 80.2 cm³/mol. The first kappa shape index (κ1) is 13.9. The fourth-order valence-electron chi connectivity index (χ4n) is 2.24. The van der Waals surface area contributed by atoms with Gasteiger partial charge in [0.1, 0.15) is 0 Å². The first-order valence-corrected chi connectivity index (χ1v) is 7.90. The molecule has 1 aliphatic heterocycles. The molecule has 108 valence electrons. The van der Waals surface area contributed by atoms with Gasteiger partial charge >= 0.3 is 0 Å². The molecule has 0 aromatic carbocycles. The Labute approximate surface area is 126 Å². The number of hydrogen-bond acceptors (Lipinski definition) is 6. The number of ether oxygens (including phenoxy) is 1. The summed E-state index contributed by atoms with van der Waals surface area (Å²) in [4.78, 5) is 3.73. The van der Waals surface area contributed by atoms with Crippen molar-refractivity contribution >= 4 is 23.6 Å². The summed E-state index contributed by atoms with van der Waals surface area (Å²) in [6.45, 7) is 6.49. The van der Waals surface area contributed by atoms with Crippen molar-refractivity contribution in [1.29, 1.82) is 0 Å². The lowest BCUT2D eigenvalue weighted by atomic mass is 10.2. The van der Waals surface area contributed by atoms with Crippen LogP contribution in [0.5, 0.6) is 0 Å². The third-order valence-corrected chi connectivity index (χ3v) is 4.54. The molecule has 0 amide bonds. The minimum Gasteiger partial charge on any atom is -0.408 e. The molecule has 0 radical (unpaired) electrons. The lowest BCUT2D eigenvalue weighted by molar-refractivity contribution is -0.0626. The molecular weight excluding hydrogens is 294 g/mol. The Morgan fingerprint density at radius 1 is 1.50 bits per heavy atom. The summed E-state index contributed by atoms with van der Waals surface area (Å²) >= 11 is 6.86. The second-order valence-corrected chi connectivity index (χ2v) is 6.35. The molecule has 0 saturated carbocycles. The van der Waals surface area contributed by atoms with E-state index in [0.717, 1.165) is 18.0 Å². The van der Waals surface area contributed by atoms with Crippen LogP contribution in [0.2, 0.25) is 0 Å². The molecule has 3 heterocycles. The van der Waals surface area contributed by atoms with Gasteiger partial charge < -0.3 is 9.15 Å². The molecule has 2 aromatic heterocycles. The molecule has 2 unspecified atom stereocenters. The number of thiophene rings is 1. The fourth-order valence-corrected chi connectivity index (χ4v) is 3.06. The van der Waals surface area contributed by atoms with Crippen LogP contribution in [0, 0.1) is 4.84 Å². The van der Waals surface area contributed by atoms with E-state index in [0.29, 0.717) is 23.4 Å². The standard InChI is InChI=1S/C13H17N3O2S2/c1-9-7-17-10(2)6-15(9)8-16-13(19)18-12(14-16)11-4-3-5-20-11/h3-5,9-10H,6-8H2,1-2H3. The van der Waals surface area contributed by atoms with Gasteiger partial charge in [0.15, 0.2) is 0 Å². The van der Waals surface area contributed by atoms with Crippen LogP contribution in [-0.2, 0) is 11.4 Å². The predicted octanol–water partition coefficient (Wildman–Crippen LogP) is 3.00. The number of hydrogen-bond donors (Lipinski definition) is 0. The molecule has 2 atom stereocenters. The quantitative estimate of drug-likeness (QED) is 0.815. The van der Waals surface area contributed by atoms with Crippen LogP contribution in [0.25, 0.3) is 10.8 Å². The van der Waals surface area contributed by atoms with E-state index in [1.54, 1.807) is 16.0 Å². The maximum absolute atomic E-state index is 5.63. The Morgan fingerprint density at radius 3 is 3.10 bits per heavy atom. The van der Waals surface area contributed by atoms with Crippen LogP contribution in [0.4, 0.5) is 0 Å². The Bertz CT molecular complexity index is 620. The van der Waals surface area contributed by atoms with Gasteiger partial charge in [-0.25, -0.2) is 4.68 Å². The SMILES string of the molecule is CC1CN(Cn2nc(-c3cccs3)oc2=S)C(C)CO1. The lowest BCUT2D eigenvalue weighted by Gasteiger charge is -2.36. The topological polar surface area (TPSA) is 43.4 Å². The average Bonchev–Trinajstić information content (AvgIpc) is 3.04. The molecule has 0 aliphatic carbocycles. The molecule has 3 rings (SSSR count). The van der Waals surface area contributed by atoms with Gasteiger partial charge in [0.2, 0.25) is 0 Å². The van der Waals surface area contributed by atoms with Crippen molar-refractivity contribution in [3.63, 3.8) is 0 Å². The number of nitrogens with zero attached hydrogens (tertiary/aromatic N) is 3. The van der Waals surface area contributed by atoms with E-state index in [4.69, 9.17) is 21.4 Å². The highest BCUT2D eigenvalue weighted by Crippen LogP contribution is 2.23. The Balaban J connectivity index is 1.79. The highest BCUT2D eigenvalue weighted by molar-refractivity contribution is 7.71. The average molecular weight is 311 g/mol. The van der Waals surface area contributed by atoms with Crippen molar-refractivity contribution in [1.82, 2.24) is 14.7 Å². The zero-order valence-corrected chi connectivity index (χ0v) is 13.1. The summed E-state index contributed by atoms with van der Waals surface area (Å²) in [5.74, 6) is 0.596. The van der Waals surface area contributed by atoms with Crippen molar-refractivity contribution in [3.05, 3.63) is 22.4 Å². The van der Waals surface area contributed by atoms with E-state index < -0.39 is 0 Å². The molecule has 0 bridgehead atoms. The van der Waals surface area contributed by atoms with Crippen molar-refractivity contribution in [3.8, 4) is 10.8 Å². The summed E-state index contributed by atoms with van der Waals surface area (Å²) in [6, 6.07) is 4.31. The second-order valence-electron chi connectivity index (χ2n) is 5.06. The van der Waals surface area contributed by atoms with Gasteiger partial charge in [0.05, 0.1) is 24.3 Å². The van der Waals surface area contributed by atoms with Crippen molar-refractivity contribution < 1.29 is 9.15 Å². The van der Waals surface area contributed by atoms with Gasteiger partial charge in [0, 0.05) is 12.6 Å². The molecule has 0 spiro atoms. The Kier molecular flexibility index (Phi) is 4.02. The lowest BCUT2D eigenvalue weighted by Crippen LogP contribution is -2.47. The van der Waals surface area contributed by atoms with Crippen LogP contribution in [0.15, 0.2) is 21.9 Å². The molecular formula is C13H17N3O2S2. The van der Waals surface area contributed by atoms with Crippen molar-refractivity contribution in [2.75, 3.05) is 13.2 Å². The van der Waals surface area contributed by atoms with Crippen LogP contribution in [-0.4, -0.2) is 40.0 Å². The Morgan fingerprint density at radius 2 is 2.35 bits per heavy atom. The van der Waals surface area contributed by atoms with Crippen molar-refractivity contribution in [2.24, 2.45) is 0 Å². The first-order chi connectivity index (χ1) is 9.63. The number of rotatable bonds is 3. The first-order valence-electron chi connectivity index (χ1n) is 6.61. The van der Waals surface area contributed by atoms with Crippen LogP contribution < -0.4 is 0 Å². The van der Waals surface area contributed by atoms with E-state index in [2.05, 4.69) is 23.8 Å². The zero-order valence-electron chi connectivity index (χ0n) is 11.5. The highest BCUT2D eigenvalue weighted by Gasteiger charge is 2.24. The van der Waals surface area contributed by atoms with E-state index in [9.17, 15) is 0 Å². The molecule has 1 saturated heterocycles. The van der Waals surface area contributed by atoms with Gasteiger partial charge in [0.25, 0.3) is 10.7 Å². The normalized spacial score (nSPS) is 24.1. The summed E-state index contributed by atoms with van der Waals surface area (Å²) in [5, 5.41) is 6.48. The second kappa shape index (κ2) is 5.77. The van der Waals surface area contributed by atoms with Crippen molar-refractivity contribution in [2.45, 2.75) is 32.7 Å². The molecule has 7 heteroatoms. The van der Waals surface area contributed by atoms with Gasteiger partial charge in [-0.2, -0.15) is 0 Å². The zero-order chi connectivity index (χ0) is 14.1. The molecule has 1 aliphatic rings. The molecule has 0 N–H and O–H groups in total. The van der Waals surface area contributed by atoms with Crippen LogP contribution in [0.1, 0.15) is 13.8 Å². The van der Waals surface area contributed by atoms with E-state index in [1.807, 2.05) is 17.5 Å². The summed E-state index contributed by atoms with van der Waals surface area (Å²) in [5.41, 5.74) is 0. The molecule has 2 aromatic rings. The van der Waals surface area contributed by atoms with Gasteiger partial charge in [-0.3, -0.25) is 4.90 Å². The molecule has 20 heavy (non-hydrogen) atoms. The van der Waals surface area contributed by atoms with E-state index in [-0.39, 0.29) is 6.10 Å². The summed E-state index contributed by atoms with van der Waals surface area (Å²) in [6.07, 6.45) is 0.240. The summed E-state index contributed by atoms with van der Waals surface area (Å²) < 4.78 is 13.0. The van der Waals surface area contributed by atoms with Crippen LogP contribution >= 0.6 is 23.6 Å².